The molecule has 0 saturated carbocycles. The summed E-state index contributed by atoms with van der Waals surface area (Å²) in [6.45, 7) is 4.16. The molecule has 0 atom stereocenters. The van der Waals surface area contributed by atoms with Crippen LogP contribution >= 0.6 is 22.6 Å². The predicted octanol–water partition coefficient (Wildman–Crippen LogP) is 7.64. The van der Waals surface area contributed by atoms with Crippen molar-refractivity contribution in [2.45, 2.75) is 32.6 Å². The molecule has 0 unspecified atom stereocenters. The number of benzene rings is 1. The van der Waals surface area contributed by atoms with E-state index in [9.17, 15) is 4.79 Å². The Morgan fingerprint density at radius 1 is 1.05 bits per heavy atom. The Labute approximate surface area is 259 Å². The van der Waals surface area contributed by atoms with Crippen molar-refractivity contribution in [1.29, 1.82) is 0 Å². The molecule has 1 aliphatic rings. The first-order valence-corrected chi connectivity index (χ1v) is 16.0. The fourth-order valence-electron chi connectivity index (χ4n) is 5.83. The number of rotatable bonds is 9. The Hall–Kier alpha value is -3.76. The Kier molecular flexibility index (Phi) is 8.81. The zero-order valence-electron chi connectivity index (χ0n) is 23.6. The molecule has 0 radical (unpaired) electrons. The van der Waals surface area contributed by atoms with Crippen molar-refractivity contribution in [3.63, 3.8) is 0 Å². The largest absolute Gasteiger partial charge is 0.472 e. The van der Waals surface area contributed by atoms with Crippen molar-refractivity contribution < 1.29 is 9.21 Å². The van der Waals surface area contributed by atoms with E-state index in [0.717, 1.165) is 86.9 Å². The minimum atomic E-state index is 0.0539. The van der Waals surface area contributed by atoms with Crippen LogP contribution in [0.4, 0.5) is 5.69 Å². The molecule has 6 rings (SSSR count). The van der Waals surface area contributed by atoms with E-state index >= 15 is 0 Å². The second-order valence-corrected chi connectivity index (χ2v) is 11.6. The highest BCUT2D eigenvalue weighted by Crippen LogP contribution is 2.35. The zero-order chi connectivity index (χ0) is 28.9. The highest BCUT2D eigenvalue weighted by atomic mass is 127. The van der Waals surface area contributed by atoms with Crippen LogP contribution in [-0.4, -0.2) is 38.4 Å². The number of hydrogen-bond acceptors (Lipinski definition) is 5. The Morgan fingerprint density at radius 3 is 2.69 bits per heavy atom. The van der Waals surface area contributed by atoms with E-state index in [4.69, 9.17) is 4.42 Å². The topological polar surface area (TPSA) is 95.8 Å². The molecule has 7 nitrogen and oxygen atoms in total. The summed E-state index contributed by atoms with van der Waals surface area (Å²) < 4.78 is 6.21. The molecule has 8 heteroatoms. The number of furan rings is 1. The summed E-state index contributed by atoms with van der Waals surface area (Å²) in [6, 6.07) is 12.8. The smallest absolute Gasteiger partial charge is 0.224 e. The molecule has 214 valence electrons. The number of aromatic amines is 1. The van der Waals surface area contributed by atoms with E-state index in [2.05, 4.69) is 85.4 Å². The number of H-pyrrole nitrogens is 1. The van der Waals surface area contributed by atoms with Crippen LogP contribution in [0, 0.1) is 5.92 Å². The summed E-state index contributed by atoms with van der Waals surface area (Å²) >= 11 is 2.40. The van der Waals surface area contributed by atoms with Gasteiger partial charge in [-0.3, -0.25) is 14.8 Å². The first-order chi connectivity index (χ1) is 20.6. The number of alkyl halides is 1. The fraction of sp³-hybridized carbons (Fsp3) is 0.265. The number of pyridine rings is 2. The van der Waals surface area contributed by atoms with E-state index in [-0.39, 0.29) is 5.91 Å². The highest BCUT2D eigenvalue weighted by Gasteiger charge is 2.18. The second kappa shape index (κ2) is 13.0. The number of hydrogen-bond donors (Lipinski definition) is 3. The lowest BCUT2D eigenvalue weighted by atomic mass is 9.92. The maximum atomic E-state index is 12.8. The molecule has 1 fully saturated rings. The molecule has 0 aliphatic carbocycles. The number of amides is 1. The summed E-state index contributed by atoms with van der Waals surface area (Å²) in [4.78, 5) is 25.4. The van der Waals surface area contributed by atoms with Crippen molar-refractivity contribution in [1.82, 2.24) is 20.3 Å². The molecule has 42 heavy (non-hydrogen) atoms. The molecular formula is C34H34IN5O2. The fourth-order valence-corrected chi connectivity index (χ4v) is 6.27. The van der Waals surface area contributed by atoms with Crippen LogP contribution in [0.25, 0.3) is 38.7 Å². The van der Waals surface area contributed by atoms with Crippen molar-refractivity contribution in [2.24, 2.45) is 5.92 Å². The molecule has 1 aliphatic heterocycles. The normalized spacial score (nSPS) is 14.4. The molecule has 4 aromatic heterocycles. The summed E-state index contributed by atoms with van der Waals surface area (Å²) in [6.07, 6.45) is 16.6. The molecular weight excluding hydrogens is 637 g/mol. The quantitative estimate of drug-likeness (QED) is 0.111. The van der Waals surface area contributed by atoms with Gasteiger partial charge < -0.3 is 20.0 Å². The van der Waals surface area contributed by atoms with Crippen LogP contribution in [0.5, 0.6) is 0 Å². The number of aryl methyl sites for hydroxylation is 1. The van der Waals surface area contributed by atoms with Gasteiger partial charge in [0.05, 0.1) is 36.1 Å². The second-order valence-electron chi connectivity index (χ2n) is 10.7. The number of carbonyl (C=O) groups is 1. The number of nitrogens with zero attached hydrogens (tertiary/aromatic N) is 2. The van der Waals surface area contributed by atoms with Gasteiger partial charge in [0.25, 0.3) is 0 Å². The third kappa shape index (κ3) is 6.19. The lowest BCUT2D eigenvalue weighted by Crippen LogP contribution is -2.30. The minimum Gasteiger partial charge on any atom is -0.472 e. The average Bonchev–Trinajstić information content (AvgIpc) is 3.71. The number of aromatic nitrogens is 3. The van der Waals surface area contributed by atoms with Gasteiger partial charge in [-0.1, -0.05) is 47.7 Å². The number of carbonyl (C=O) groups excluding carboxylic acids is 1. The number of fused-ring (bicyclic) bond motifs is 1. The van der Waals surface area contributed by atoms with E-state index in [1.165, 1.54) is 11.1 Å². The number of piperidine rings is 1. The van der Waals surface area contributed by atoms with Gasteiger partial charge in [-0.25, -0.2) is 0 Å². The summed E-state index contributed by atoms with van der Waals surface area (Å²) in [7, 11) is 0. The maximum absolute atomic E-state index is 12.8. The SMILES string of the molecule is CCc1ccc(-c2cncc(NC(=O)CC3CCNCC3)c2)cc1/C(=C\CI)c1cc2c(-c3ccoc3)cncc2[nH]1. The molecule has 1 saturated heterocycles. The summed E-state index contributed by atoms with van der Waals surface area (Å²) in [5.41, 5.74) is 10.4. The van der Waals surface area contributed by atoms with Crippen molar-refractivity contribution in [3.05, 3.63) is 96.6 Å². The van der Waals surface area contributed by atoms with E-state index < -0.39 is 0 Å². The predicted molar refractivity (Wildman–Crippen MR) is 178 cm³/mol. The maximum Gasteiger partial charge on any atom is 0.224 e. The molecule has 0 bridgehead atoms. The Balaban J connectivity index is 1.32. The number of nitrogens with one attached hydrogen (secondary N) is 3. The Morgan fingerprint density at radius 2 is 1.90 bits per heavy atom. The third-order valence-electron chi connectivity index (χ3n) is 8.02. The lowest BCUT2D eigenvalue weighted by Gasteiger charge is -2.21. The molecule has 0 spiro atoms. The van der Waals surface area contributed by atoms with Crippen molar-refractivity contribution >= 4 is 50.7 Å². The standard InChI is InChI=1S/C34H34IN5O2/c1-2-23-3-4-24(26-14-27(18-37-17-26)39-34(41)13-22-6-10-36-11-7-22)15-29(23)28(5-9-35)32-16-30-31(25-8-12-42-21-25)19-38-20-33(30)40-32/h3-5,8,12,14-22,36,40H,2,6-7,9-11,13H2,1H3,(H,39,41)/b28-5+. The minimum absolute atomic E-state index is 0.0539. The van der Waals surface area contributed by atoms with E-state index in [1.807, 2.05) is 30.7 Å². The average molecular weight is 672 g/mol. The summed E-state index contributed by atoms with van der Waals surface area (Å²) in [5.74, 6) is 0.490. The zero-order valence-corrected chi connectivity index (χ0v) is 25.8. The van der Waals surface area contributed by atoms with Crippen LogP contribution < -0.4 is 10.6 Å². The molecule has 1 amide bonds. The molecule has 5 heterocycles. The van der Waals surface area contributed by atoms with Crippen LogP contribution in [0.1, 0.15) is 43.0 Å². The third-order valence-corrected chi connectivity index (χ3v) is 8.46. The van der Waals surface area contributed by atoms with Gasteiger partial charge in [-0.05, 0) is 79.2 Å². The van der Waals surface area contributed by atoms with Crippen LogP contribution in [0.2, 0.25) is 0 Å². The monoisotopic (exact) mass is 671 g/mol. The number of halogens is 1. The van der Waals surface area contributed by atoms with Crippen LogP contribution in [0.15, 0.2) is 84.2 Å². The lowest BCUT2D eigenvalue weighted by molar-refractivity contribution is -0.117. The van der Waals surface area contributed by atoms with Gasteiger partial charge in [0.1, 0.15) is 0 Å². The van der Waals surface area contributed by atoms with Gasteiger partial charge in [0, 0.05) is 56.6 Å². The van der Waals surface area contributed by atoms with Crippen molar-refractivity contribution in [2.75, 3.05) is 22.8 Å². The van der Waals surface area contributed by atoms with Crippen LogP contribution in [-0.2, 0) is 11.2 Å². The van der Waals surface area contributed by atoms with Gasteiger partial charge in [0.15, 0.2) is 0 Å². The van der Waals surface area contributed by atoms with Gasteiger partial charge in [-0.15, -0.1) is 0 Å². The van der Waals surface area contributed by atoms with Crippen LogP contribution in [0.3, 0.4) is 0 Å². The van der Waals surface area contributed by atoms with Gasteiger partial charge in [-0.2, -0.15) is 0 Å². The highest BCUT2D eigenvalue weighted by molar-refractivity contribution is 14.1. The molecule has 1 aromatic carbocycles. The number of allylic oxidation sites excluding steroid dienone is 1. The van der Waals surface area contributed by atoms with Gasteiger partial charge in [0.2, 0.25) is 5.91 Å². The Bertz CT molecular complexity index is 1720. The van der Waals surface area contributed by atoms with E-state index in [0.29, 0.717) is 12.3 Å². The van der Waals surface area contributed by atoms with Crippen molar-refractivity contribution in [3.8, 4) is 22.3 Å². The number of anilines is 1. The first kappa shape index (κ1) is 28.4. The molecule has 5 aromatic rings. The van der Waals surface area contributed by atoms with E-state index in [1.54, 1.807) is 18.7 Å². The first-order valence-electron chi connectivity index (χ1n) is 14.5. The summed E-state index contributed by atoms with van der Waals surface area (Å²) in [5, 5.41) is 7.55. The molecule has 3 N–H and O–H groups in total. The van der Waals surface area contributed by atoms with Gasteiger partial charge >= 0.3 is 0 Å².